The summed E-state index contributed by atoms with van der Waals surface area (Å²) in [6, 6.07) is 6.96. The zero-order chi connectivity index (χ0) is 14.5. The Morgan fingerprint density at radius 1 is 1.32 bits per heavy atom. The summed E-state index contributed by atoms with van der Waals surface area (Å²) in [4.78, 5) is 0.302. The topological polar surface area (TPSA) is 66.4 Å². The van der Waals surface area contributed by atoms with Crippen LogP contribution in [0, 0.1) is 5.92 Å². The Labute approximate surface area is 115 Å². The normalized spacial score (nSPS) is 15.2. The molecule has 0 radical (unpaired) electrons. The fraction of sp³-hybridized carbons (Fsp3) is 0.571. The molecule has 108 valence electrons. The molecular weight excluding hydrogens is 262 g/mol. The molecule has 2 N–H and O–H groups in total. The number of aliphatic hydroxyl groups excluding tert-OH is 1. The van der Waals surface area contributed by atoms with E-state index in [1.165, 1.54) is 0 Å². The van der Waals surface area contributed by atoms with Gasteiger partial charge in [0.25, 0.3) is 0 Å². The van der Waals surface area contributed by atoms with Gasteiger partial charge >= 0.3 is 0 Å². The monoisotopic (exact) mass is 285 g/mol. The zero-order valence-corrected chi connectivity index (χ0v) is 12.6. The summed E-state index contributed by atoms with van der Waals surface area (Å²) < 4.78 is 26.8. The van der Waals surface area contributed by atoms with Gasteiger partial charge in [-0.15, -0.1) is 0 Å². The first kappa shape index (κ1) is 16.1. The first-order valence-corrected chi connectivity index (χ1v) is 8.10. The van der Waals surface area contributed by atoms with Gasteiger partial charge in [-0.2, -0.15) is 0 Å². The minimum Gasteiger partial charge on any atom is -0.393 e. The van der Waals surface area contributed by atoms with E-state index in [1.54, 1.807) is 25.1 Å². The predicted octanol–water partition coefficient (Wildman–Crippen LogP) is 1.93. The molecule has 1 aromatic carbocycles. The lowest BCUT2D eigenvalue weighted by atomic mass is 10.1. The van der Waals surface area contributed by atoms with Crippen LogP contribution < -0.4 is 4.72 Å². The molecule has 4 nitrogen and oxygen atoms in total. The highest BCUT2D eigenvalue weighted by atomic mass is 32.2. The largest absolute Gasteiger partial charge is 0.393 e. The number of sulfonamides is 1. The van der Waals surface area contributed by atoms with E-state index in [1.807, 2.05) is 19.9 Å². The van der Waals surface area contributed by atoms with E-state index in [0.29, 0.717) is 17.9 Å². The number of hydrogen-bond acceptors (Lipinski definition) is 3. The summed E-state index contributed by atoms with van der Waals surface area (Å²) in [5.41, 5.74) is 1.000. The Balaban J connectivity index is 2.70. The quantitative estimate of drug-likeness (QED) is 0.804. The molecule has 1 aromatic rings. The van der Waals surface area contributed by atoms with Crippen LogP contribution in [0.3, 0.4) is 0 Å². The molecule has 0 aliphatic heterocycles. The van der Waals surface area contributed by atoms with Gasteiger partial charge in [0.15, 0.2) is 0 Å². The van der Waals surface area contributed by atoms with Crippen molar-refractivity contribution in [2.75, 3.05) is 6.54 Å². The Kier molecular flexibility index (Phi) is 5.97. The van der Waals surface area contributed by atoms with E-state index in [0.717, 1.165) is 12.0 Å². The maximum Gasteiger partial charge on any atom is 0.240 e. The average Bonchev–Trinajstić information content (AvgIpc) is 2.36. The van der Waals surface area contributed by atoms with Crippen LogP contribution in [0.1, 0.15) is 32.8 Å². The van der Waals surface area contributed by atoms with Crippen LogP contribution in [0.2, 0.25) is 0 Å². The van der Waals surface area contributed by atoms with E-state index in [-0.39, 0.29) is 5.92 Å². The summed E-state index contributed by atoms with van der Waals surface area (Å²) >= 11 is 0. The molecule has 1 rings (SSSR count). The summed E-state index contributed by atoms with van der Waals surface area (Å²) in [6.45, 7) is 5.95. The fourth-order valence-electron chi connectivity index (χ4n) is 1.93. The van der Waals surface area contributed by atoms with Gasteiger partial charge in [-0.25, -0.2) is 13.1 Å². The molecule has 19 heavy (non-hydrogen) atoms. The molecule has 0 spiro atoms. The molecule has 0 aliphatic rings. The Hall–Kier alpha value is -0.910. The number of hydrogen-bond donors (Lipinski definition) is 2. The lowest BCUT2D eigenvalue weighted by Crippen LogP contribution is -2.29. The van der Waals surface area contributed by atoms with Crippen molar-refractivity contribution < 1.29 is 13.5 Å². The van der Waals surface area contributed by atoms with Crippen molar-refractivity contribution in [2.24, 2.45) is 5.92 Å². The summed E-state index contributed by atoms with van der Waals surface area (Å²) in [6.07, 6.45) is 0.974. The van der Waals surface area contributed by atoms with Crippen LogP contribution in [0.25, 0.3) is 0 Å². The van der Waals surface area contributed by atoms with Gasteiger partial charge in [0.1, 0.15) is 0 Å². The third-order valence-electron chi connectivity index (χ3n) is 2.98. The molecule has 0 bridgehead atoms. The molecule has 0 saturated carbocycles. The highest BCUT2D eigenvalue weighted by Gasteiger charge is 2.16. The molecule has 0 aromatic heterocycles. The number of benzene rings is 1. The van der Waals surface area contributed by atoms with Gasteiger partial charge in [-0.1, -0.05) is 26.0 Å². The van der Waals surface area contributed by atoms with Crippen molar-refractivity contribution in [3.8, 4) is 0 Å². The van der Waals surface area contributed by atoms with E-state index in [9.17, 15) is 13.5 Å². The number of nitrogens with one attached hydrogen (secondary N) is 1. The van der Waals surface area contributed by atoms with Crippen molar-refractivity contribution in [3.63, 3.8) is 0 Å². The Bertz CT molecular complexity index is 497. The average molecular weight is 285 g/mol. The maximum atomic E-state index is 12.1. The van der Waals surface area contributed by atoms with Gasteiger partial charge < -0.3 is 5.11 Å². The smallest absolute Gasteiger partial charge is 0.240 e. The van der Waals surface area contributed by atoms with Crippen LogP contribution in [-0.4, -0.2) is 26.2 Å². The van der Waals surface area contributed by atoms with Gasteiger partial charge in [0, 0.05) is 6.54 Å². The van der Waals surface area contributed by atoms with E-state index in [2.05, 4.69) is 4.72 Å². The molecule has 2 unspecified atom stereocenters. The predicted molar refractivity (Wildman–Crippen MR) is 76.5 cm³/mol. The molecule has 2 atom stereocenters. The molecule has 0 fully saturated rings. The van der Waals surface area contributed by atoms with Crippen molar-refractivity contribution in [3.05, 3.63) is 29.8 Å². The van der Waals surface area contributed by atoms with Gasteiger partial charge in [-0.3, -0.25) is 0 Å². The third kappa shape index (κ3) is 5.30. The zero-order valence-electron chi connectivity index (χ0n) is 11.8. The molecule has 0 heterocycles. The molecule has 0 aliphatic carbocycles. The SMILES string of the molecule is CCc1cccc(S(=O)(=O)NCC(C)CC(C)O)c1. The van der Waals surface area contributed by atoms with Gasteiger partial charge in [0.2, 0.25) is 10.0 Å². The Morgan fingerprint density at radius 3 is 2.58 bits per heavy atom. The molecule has 0 saturated heterocycles. The minimum absolute atomic E-state index is 0.101. The number of aryl methyl sites for hydroxylation is 1. The van der Waals surface area contributed by atoms with Crippen molar-refractivity contribution in [1.29, 1.82) is 0 Å². The van der Waals surface area contributed by atoms with Crippen LogP contribution >= 0.6 is 0 Å². The molecule has 0 amide bonds. The highest BCUT2D eigenvalue weighted by Crippen LogP contribution is 2.13. The van der Waals surface area contributed by atoms with Gasteiger partial charge in [-0.05, 0) is 43.4 Å². The number of aliphatic hydroxyl groups is 1. The lowest BCUT2D eigenvalue weighted by molar-refractivity contribution is 0.165. The maximum absolute atomic E-state index is 12.1. The van der Waals surface area contributed by atoms with Crippen molar-refractivity contribution in [2.45, 2.75) is 44.6 Å². The summed E-state index contributed by atoms with van der Waals surface area (Å²) in [5, 5.41) is 9.26. The van der Waals surface area contributed by atoms with Crippen LogP contribution in [0.4, 0.5) is 0 Å². The summed E-state index contributed by atoms with van der Waals surface area (Å²) in [5.74, 6) is 0.101. The second-order valence-electron chi connectivity index (χ2n) is 5.04. The number of rotatable bonds is 7. The third-order valence-corrected chi connectivity index (χ3v) is 4.40. The van der Waals surface area contributed by atoms with Crippen molar-refractivity contribution in [1.82, 2.24) is 4.72 Å². The lowest BCUT2D eigenvalue weighted by Gasteiger charge is -2.14. The standard InChI is InChI=1S/C14H23NO3S/c1-4-13-6-5-7-14(9-13)19(17,18)15-10-11(2)8-12(3)16/h5-7,9,11-12,15-16H,4,8,10H2,1-3H3. The van der Waals surface area contributed by atoms with Crippen molar-refractivity contribution >= 4 is 10.0 Å². The second-order valence-corrected chi connectivity index (χ2v) is 6.81. The minimum atomic E-state index is -3.46. The van der Waals surface area contributed by atoms with E-state index >= 15 is 0 Å². The van der Waals surface area contributed by atoms with E-state index < -0.39 is 16.1 Å². The van der Waals surface area contributed by atoms with Gasteiger partial charge in [0.05, 0.1) is 11.0 Å². The van der Waals surface area contributed by atoms with Crippen LogP contribution in [0.15, 0.2) is 29.2 Å². The van der Waals surface area contributed by atoms with E-state index in [4.69, 9.17) is 0 Å². The fourth-order valence-corrected chi connectivity index (χ4v) is 3.17. The Morgan fingerprint density at radius 2 is 2.00 bits per heavy atom. The first-order valence-electron chi connectivity index (χ1n) is 6.61. The highest BCUT2D eigenvalue weighted by molar-refractivity contribution is 7.89. The summed E-state index contributed by atoms with van der Waals surface area (Å²) in [7, 11) is -3.46. The van der Waals surface area contributed by atoms with Crippen LogP contribution in [-0.2, 0) is 16.4 Å². The molecule has 5 heteroatoms. The second kappa shape index (κ2) is 7.03. The first-order chi connectivity index (χ1) is 8.85. The van der Waals surface area contributed by atoms with Crippen LogP contribution in [0.5, 0.6) is 0 Å². The molecular formula is C14H23NO3S.